The Kier molecular flexibility index (Phi) is 3.97. The van der Waals surface area contributed by atoms with Crippen LogP contribution in [0.15, 0.2) is 6.20 Å². The van der Waals surface area contributed by atoms with Crippen LogP contribution in [-0.4, -0.2) is 17.1 Å². The first kappa shape index (κ1) is 13.4. The van der Waals surface area contributed by atoms with Gasteiger partial charge in [0.2, 0.25) is 0 Å². The summed E-state index contributed by atoms with van der Waals surface area (Å²) in [5.41, 5.74) is 7.34. The van der Waals surface area contributed by atoms with Gasteiger partial charge in [0.15, 0.2) is 5.82 Å². The number of nitrogens with zero attached hydrogens (tertiary/aromatic N) is 2. The van der Waals surface area contributed by atoms with Crippen molar-refractivity contribution in [2.45, 2.75) is 51.7 Å². The van der Waals surface area contributed by atoms with Gasteiger partial charge in [-0.15, -0.1) is 0 Å². The van der Waals surface area contributed by atoms with Crippen molar-refractivity contribution in [3.8, 4) is 0 Å². The average Bonchev–Trinajstić information content (AvgIpc) is 2.38. The molecule has 1 saturated carbocycles. The molecule has 1 aromatic heterocycles. The lowest BCUT2D eigenvalue weighted by Crippen LogP contribution is -2.36. The van der Waals surface area contributed by atoms with Crippen LogP contribution in [0.5, 0.6) is 0 Å². The van der Waals surface area contributed by atoms with Crippen LogP contribution in [0, 0.1) is 12.8 Å². The molecule has 1 aliphatic rings. The zero-order valence-corrected chi connectivity index (χ0v) is 11.6. The number of methoxy groups -OCH3 is 1. The molecule has 0 bridgehead atoms. The highest BCUT2D eigenvalue weighted by Gasteiger charge is 2.39. The van der Waals surface area contributed by atoms with Gasteiger partial charge in [0.25, 0.3) is 0 Å². The van der Waals surface area contributed by atoms with Gasteiger partial charge in [0, 0.05) is 31.1 Å². The third-order valence-corrected chi connectivity index (χ3v) is 4.05. The fourth-order valence-corrected chi connectivity index (χ4v) is 2.89. The Hall–Kier alpha value is -1.00. The van der Waals surface area contributed by atoms with E-state index in [1.54, 1.807) is 7.11 Å². The topological polar surface area (TPSA) is 61.0 Å². The molecule has 0 aliphatic heterocycles. The summed E-state index contributed by atoms with van der Waals surface area (Å²) in [7, 11) is 1.77. The lowest BCUT2D eigenvalue weighted by molar-refractivity contribution is -0.0647. The average molecular weight is 249 g/mol. The molecule has 2 N–H and O–H groups in total. The predicted molar refractivity (Wildman–Crippen MR) is 71.0 cm³/mol. The molecular formula is C14H23N3O. The van der Waals surface area contributed by atoms with Crippen LogP contribution in [0.25, 0.3) is 0 Å². The molecule has 4 nitrogen and oxygen atoms in total. The smallest absolute Gasteiger partial charge is 0.160 e. The fourth-order valence-electron chi connectivity index (χ4n) is 2.89. The molecule has 18 heavy (non-hydrogen) atoms. The van der Waals surface area contributed by atoms with Crippen molar-refractivity contribution >= 4 is 0 Å². The summed E-state index contributed by atoms with van der Waals surface area (Å²) in [6, 6.07) is 0. The Bertz CT molecular complexity index is 422. The molecule has 1 aliphatic carbocycles. The number of hydrogen-bond donors (Lipinski definition) is 1. The SMILES string of the molecule is COC1(c2ncc(CN)c(C)n2)CCCC(C)C1. The highest BCUT2D eigenvalue weighted by Crippen LogP contribution is 2.41. The standard InChI is InChI=1S/C14H23N3O/c1-10-5-4-6-14(7-10,18-3)13-16-9-12(8-15)11(2)17-13/h9-10H,4-8,15H2,1-3H3. The van der Waals surface area contributed by atoms with Gasteiger partial charge < -0.3 is 10.5 Å². The molecule has 100 valence electrons. The lowest BCUT2D eigenvalue weighted by atomic mass is 9.78. The Labute approximate surface area is 109 Å². The number of hydrogen-bond acceptors (Lipinski definition) is 4. The maximum absolute atomic E-state index is 5.81. The summed E-state index contributed by atoms with van der Waals surface area (Å²) in [5.74, 6) is 1.49. The number of ether oxygens (including phenoxy) is 1. The molecule has 2 unspecified atom stereocenters. The van der Waals surface area contributed by atoms with Crippen molar-refractivity contribution in [1.82, 2.24) is 9.97 Å². The van der Waals surface area contributed by atoms with Crippen molar-refractivity contribution in [2.75, 3.05) is 7.11 Å². The minimum atomic E-state index is -0.296. The van der Waals surface area contributed by atoms with E-state index in [9.17, 15) is 0 Å². The first-order valence-corrected chi connectivity index (χ1v) is 6.69. The largest absolute Gasteiger partial charge is 0.370 e. The lowest BCUT2D eigenvalue weighted by Gasteiger charge is -2.37. The molecule has 0 amide bonds. The molecular weight excluding hydrogens is 226 g/mol. The quantitative estimate of drug-likeness (QED) is 0.893. The Morgan fingerprint density at radius 3 is 2.89 bits per heavy atom. The van der Waals surface area contributed by atoms with Crippen LogP contribution in [0.1, 0.15) is 49.7 Å². The summed E-state index contributed by atoms with van der Waals surface area (Å²) >= 11 is 0. The van der Waals surface area contributed by atoms with Gasteiger partial charge in [0.05, 0.1) is 0 Å². The van der Waals surface area contributed by atoms with Crippen molar-refractivity contribution in [3.05, 3.63) is 23.3 Å². The van der Waals surface area contributed by atoms with Crippen molar-refractivity contribution in [2.24, 2.45) is 11.7 Å². The Balaban J connectivity index is 2.35. The third-order valence-electron chi connectivity index (χ3n) is 4.05. The van der Waals surface area contributed by atoms with E-state index in [-0.39, 0.29) is 5.60 Å². The summed E-state index contributed by atoms with van der Waals surface area (Å²) < 4.78 is 5.81. The third kappa shape index (κ3) is 2.40. The van der Waals surface area contributed by atoms with E-state index in [1.807, 2.05) is 13.1 Å². The zero-order valence-electron chi connectivity index (χ0n) is 11.6. The van der Waals surface area contributed by atoms with Crippen molar-refractivity contribution < 1.29 is 4.74 Å². The van der Waals surface area contributed by atoms with Gasteiger partial charge in [-0.1, -0.05) is 13.3 Å². The second-order valence-electron chi connectivity index (χ2n) is 5.41. The highest BCUT2D eigenvalue weighted by atomic mass is 16.5. The molecule has 1 fully saturated rings. The van der Waals surface area contributed by atoms with Gasteiger partial charge in [-0.05, 0) is 32.1 Å². The van der Waals surface area contributed by atoms with Gasteiger partial charge >= 0.3 is 0 Å². The molecule has 1 aromatic rings. The summed E-state index contributed by atoms with van der Waals surface area (Å²) in [6.45, 7) is 4.75. The van der Waals surface area contributed by atoms with E-state index in [0.29, 0.717) is 12.5 Å². The molecule has 1 heterocycles. The van der Waals surface area contributed by atoms with Gasteiger partial charge in [0.1, 0.15) is 5.60 Å². The van der Waals surface area contributed by atoms with E-state index in [4.69, 9.17) is 10.5 Å². The monoisotopic (exact) mass is 249 g/mol. The fraction of sp³-hybridized carbons (Fsp3) is 0.714. The van der Waals surface area contributed by atoms with Crippen LogP contribution in [-0.2, 0) is 16.9 Å². The second kappa shape index (κ2) is 5.33. The number of aryl methyl sites for hydroxylation is 1. The minimum absolute atomic E-state index is 0.296. The predicted octanol–water partition coefficient (Wildman–Crippen LogP) is 2.30. The van der Waals surface area contributed by atoms with Gasteiger partial charge in [-0.3, -0.25) is 0 Å². The molecule has 0 spiro atoms. The second-order valence-corrected chi connectivity index (χ2v) is 5.41. The highest BCUT2D eigenvalue weighted by molar-refractivity contribution is 5.18. The van der Waals surface area contributed by atoms with Crippen LogP contribution < -0.4 is 5.73 Å². The van der Waals surface area contributed by atoms with Gasteiger partial charge in [-0.2, -0.15) is 0 Å². The van der Waals surface area contributed by atoms with E-state index in [1.165, 1.54) is 12.8 Å². The molecule has 0 radical (unpaired) electrons. The number of nitrogens with two attached hydrogens (primary N) is 1. The molecule has 0 aromatic carbocycles. The zero-order chi connectivity index (χ0) is 13.2. The van der Waals surface area contributed by atoms with E-state index >= 15 is 0 Å². The summed E-state index contributed by atoms with van der Waals surface area (Å²) in [5, 5.41) is 0. The van der Waals surface area contributed by atoms with Gasteiger partial charge in [-0.25, -0.2) is 9.97 Å². The number of aromatic nitrogens is 2. The first-order chi connectivity index (χ1) is 8.61. The Morgan fingerprint density at radius 2 is 2.33 bits per heavy atom. The van der Waals surface area contributed by atoms with Crippen LogP contribution in [0.4, 0.5) is 0 Å². The maximum atomic E-state index is 5.81. The van der Waals surface area contributed by atoms with Crippen molar-refractivity contribution in [1.29, 1.82) is 0 Å². The normalized spacial score (nSPS) is 28.3. The molecule has 2 atom stereocenters. The van der Waals surface area contributed by atoms with Crippen LogP contribution >= 0.6 is 0 Å². The molecule has 2 rings (SSSR count). The molecule has 4 heteroatoms. The van der Waals surface area contributed by atoms with E-state index in [0.717, 1.165) is 29.9 Å². The van der Waals surface area contributed by atoms with Crippen LogP contribution in [0.3, 0.4) is 0 Å². The molecule has 0 saturated heterocycles. The summed E-state index contributed by atoms with van der Waals surface area (Å²) in [6.07, 6.45) is 6.30. The minimum Gasteiger partial charge on any atom is -0.370 e. The van der Waals surface area contributed by atoms with E-state index < -0.39 is 0 Å². The first-order valence-electron chi connectivity index (χ1n) is 6.69. The van der Waals surface area contributed by atoms with E-state index in [2.05, 4.69) is 16.9 Å². The maximum Gasteiger partial charge on any atom is 0.160 e. The van der Waals surface area contributed by atoms with Crippen molar-refractivity contribution in [3.63, 3.8) is 0 Å². The Morgan fingerprint density at radius 1 is 1.56 bits per heavy atom. The summed E-state index contributed by atoms with van der Waals surface area (Å²) in [4.78, 5) is 9.12. The van der Waals surface area contributed by atoms with Crippen LogP contribution in [0.2, 0.25) is 0 Å². The number of rotatable bonds is 3.